The van der Waals surface area contributed by atoms with Crippen LogP contribution >= 0.6 is 0 Å². The third-order valence-electron chi connectivity index (χ3n) is 2.50. The Hall–Kier alpha value is -2.37. The van der Waals surface area contributed by atoms with Gasteiger partial charge in [-0.3, -0.25) is 0 Å². The number of carboxylic acids is 1. The van der Waals surface area contributed by atoms with Crippen LogP contribution in [0.2, 0.25) is 0 Å². The van der Waals surface area contributed by atoms with Crippen LogP contribution < -0.4 is 4.74 Å². The zero-order valence-corrected chi connectivity index (χ0v) is 9.91. The van der Waals surface area contributed by atoms with Gasteiger partial charge in [-0.25, -0.2) is 9.48 Å². The summed E-state index contributed by atoms with van der Waals surface area (Å²) in [6.07, 6.45) is 0. The average Bonchev–Trinajstić information content (AvgIpc) is 2.73. The Morgan fingerprint density at radius 2 is 2.11 bits per heavy atom. The molecule has 6 heteroatoms. The molecule has 1 N–H and O–H groups in total. The lowest BCUT2D eigenvalue weighted by Crippen LogP contribution is -2.11. The van der Waals surface area contributed by atoms with Crippen molar-refractivity contribution in [2.75, 3.05) is 6.61 Å². The first kappa shape index (κ1) is 12.1. The summed E-state index contributed by atoms with van der Waals surface area (Å²) in [6, 6.07) is 9.40. The van der Waals surface area contributed by atoms with Gasteiger partial charge in [0.15, 0.2) is 5.69 Å². The van der Waals surface area contributed by atoms with E-state index in [-0.39, 0.29) is 5.69 Å². The Bertz CT molecular complexity index is 537. The van der Waals surface area contributed by atoms with Crippen molar-refractivity contribution < 1.29 is 14.6 Å². The van der Waals surface area contributed by atoms with Crippen LogP contribution in [0.3, 0.4) is 0 Å². The molecule has 0 bridgehead atoms. The van der Waals surface area contributed by atoms with Gasteiger partial charge in [0, 0.05) is 0 Å². The van der Waals surface area contributed by atoms with Crippen LogP contribution in [0, 0.1) is 6.92 Å². The molecule has 0 amide bonds. The van der Waals surface area contributed by atoms with Gasteiger partial charge in [0.2, 0.25) is 0 Å². The Kier molecular flexibility index (Phi) is 3.57. The summed E-state index contributed by atoms with van der Waals surface area (Å²) in [7, 11) is 0. The molecule has 0 spiro atoms. The van der Waals surface area contributed by atoms with Gasteiger partial charge in [-0.2, -0.15) is 0 Å². The number of hydrogen-bond donors (Lipinski definition) is 1. The molecule has 1 aromatic heterocycles. The van der Waals surface area contributed by atoms with Crippen LogP contribution in [0.4, 0.5) is 0 Å². The minimum atomic E-state index is -1.07. The molecular weight excluding hydrogens is 234 g/mol. The Morgan fingerprint density at radius 3 is 2.72 bits per heavy atom. The molecule has 2 rings (SSSR count). The average molecular weight is 247 g/mol. The summed E-state index contributed by atoms with van der Waals surface area (Å²) in [6.45, 7) is 2.54. The van der Waals surface area contributed by atoms with E-state index in [4.69, 9.17) is 9.84 Å². The fourth-order valence-corrected chi connectivity index (χ4v) is 1.54. The van der Waals surface area contributed by atoms with E-state index >= 15 is 0 Å². The van der Waals surface area contributed by atoms with Gasteiger partial charge in [0.1, 0.15) is 12.4 Å². The fourth-order valence-electron chi connectivity index (χ4n) is 1.54. The number of carboxylic acid groups (broad SMARTS) is 1. The zero-order chi connectivity index (χ0) is 13.0. The number of nitrogens with zero attached hydrogens (tertiary/aromatic N) is 3. The number of ether oxygens (including phenoxy) is 1. The van der Waals surface area contributed by atoms with Crippen LogP contribution in [0.5, 0.6) is 5.75 Å². The third kappa shape index (κ3) is 2.65. The van der Waals surface area contributed by atoms with Crippen LogP contribution in [-0.2, 0) is 6.54 Å². The topological polar surface area (TPSA) is 77.2 Å². The third-order valence-corrected chi connectivity index (χ3v) is 2.50. The lowest BCUT2D eigenvalue weighted by Gasteiger charge is -2.06. The van der Waals surface area contributed by atoms with E-state index in [1.807, 2.05) is 30.3 Å². The highest BCUT2D eigenvalue weighted by Gasteiger charge is 2.14. The normalized spacial score (nSPS) is 10.3. The van der Waals surface area contributed by atoms with Crippen molar-refractivity contribution in [3.05, 3.63) is 41.7 Å². The highest BCUT2D eigenvalue weighted by atomic mass is 16.5. The van der Waals surface area contributed by atoms with E-state index in [0.717, 1.165) is 5.75 Å². The first-order valence-electron chi connectivity index (χ1n) is 5.49. The number of benzene rings is 1. The van der Waals surface area contributed by atoms with Gasteiger partial charge in [-0.05, 0) is 19.1 Å². The molecule has 0 aliphatic heterocycles. The van der Waals surface area contributed by atoms with Crippen molar-refractivity contribution >= 4 is 5.97 Å². The predicted octanol–water partition coefficient (Wildman–Crippen LogP) is 1.36. The number of carbonyl (C=O) groups is 1. The second-order valence-electron chi connectivity index (χ2n) is 3.71. The molecule has 0 atom stereocenters. The van der Waals surface area contributed by atoms with E-state index in [0.29, 0.717) is 18.8 Å². The number of aromatic nitrogens is 3. The number of rotatable bonds is 5. The summed E-state index contributed by atoms with van der Waals surface area (Å²) >= 11 is 0. The molecule has 0 aliphatic rings. The second kappa shape index (κ2) is 5.31. The summed E-state index contributed by atoms with van der Waals surface area (Å²) < 4.78 is 7.02. The fraction of sp³-hybridized carbons (Fsp3) is 0.250. The van der Waals surface area contributed by atoms with E-state index < -0.39 is 5.97 Å². The van der Waals surface area contributed by atoms with Crippen molar-refractivity contribution in [2.45, 2.75) is 13.5 Å². The van der Waals surface area contributed by atoms with Gasteiger partial charge in [-0.15, -0.1) is 5.10 Å². The van der Waals surface area contributed by atoms with Crippen LogP contribution in [0.25, 0.3) is 0 Å². The van der Waals surface area contributed by atoms with Crippen molar-refractivity contribution in [1.29, 1.82) is 0 Å². The Morgan fingerprint density at radius 1 is 1.39 bits per heavy atom. The maximum atomic E-state index is 10.8. The monoisotopic (exact) mass is 247 g/mol. The lowest BCUT2D eigenvalue weighted by molar-refractivity contribution is 0.0689. The molecule has 0 unspecified atom stereocenters. The molecule has 2 aromatic rings. The zero-order valence-electron chi connectivity index (χ0n) is 9.91. The molecule has 0 fully saturated rings. The minimum absolute atomic E-state index is 0.0188. The van der Waals surface area contributed by atoms with Gasteiger partial charge >= 0.3 is 5.97 Å². The quantitative estimate of drug-likeness (QED) is 0.863. The summed E-state index contributed by atoms with van der Waals surface area (Å²) in [5.41, 5.74) is 0.508. The molecule has 1 heterocycles. The van der Waals surface area contributed by atoms with Crippen LogP contribution in [0.1, 0.15) is 16.2 Å². The molecule has 0 saturated carbocycles. The molecule has 6 nitrogen and oxygen atoms in total. The van der Waals surface area contributed by atoms with Gasteiger partial charge in [0.05, 0.1) is 12.2 Å². The standard InChI is InChI=1S/C12H13N3O3/c1-9-11(12(16)17)13-14-15(9)7-8-18-10-5-3-2-4-6-10/h2-6H,7-8H2,1H3,(H,16,17). The van der Waals surface area contributed by atoms with Gasteiger partial charge in [-0.1, -0.05) is 23.4 Å². The maximum absolute atomic E-state index is 10.8. The molecule has 18 heavy (non-hydrogen) atoms. The summed E-state index contributed by atoms with van der Waals surface area (Å²) in [5, 5.41) is 16.2. The van der Waals surface area contributed by atoms with Crippen LogP contribution in [-0.4, -0.2) is 32.7 Å². The van der Waals surface area contributed by atoms with E-state index in [1.165, 1.54) is 4.68 Å². The molecule has 1 aromatic carbocycles. The first-order valence-corrected chi connectivity index (χ1v) is 5.49. The largest absolute Gasteiger partial charge is 0.492 e. The van der Waals surface area contributed by atoms with Crippen LogP contribution in [0.15, 0.2) is 30.3 Å². The van der Waals surface area contributed by atoms with Crippen molar-refractivity contribution in [3.63, 3.8) is 0 Å². The van der Waals surface area contributed by atoms with Crippen molar-refractivity contribution in [1.82, 2.24) is 15.0 Å². The second-order valence-corrected chi connectivity index (χ2v) is 3.71. The number of hydrogen-bond acceptors (Lipinski definition) is 4. The predicted molar refractivity (Wildman–Crippen MR) is 63.7 cm³/mol. The summed E-state index contributed by atoms with van der Waals surface area (Å²) in [5.74, 6) is -0.295. The lowest BCUT2D eigenvalue weighted by atomic mass is 10.3. The first-order chi connectivity index (χ1) is 8.68. The van der Waals surface area contributed by atoms with E-state index in [9.17, 15) is 4.79 Å². The smallest absolute Gasteiger partial charge is 0.358 e. The Balaban J connectivity index is 1.93. The van der Waals surface area contributed by atoms with Gasteiger partial charge in [0.25, 0.3) is 0 Å². The van der Waals surface area contributed by atoms with Gasteiger partial charge < -0.3 is 9.84 Å². The molecule has 94 valence electrons. The number of para-hydroxylation sites is 1. The number of aromatic carboxylic acids is 1. The highest BCUT2D eigenvalue weighted by Crippen LogP contribution is 2.09. The summed E-state index contributed by atoms with van der Waals surface area (Å²) in [4.78, 5) is 10.8. The Labute approximate surface area is 104 Å². The maximum Gasteiger partial charge on any atom is 0.358 e. The van der Waals surface area contributed by atoms with Crippen molar-refractivity contribution in [2.24, 2.45) is 0 Å². The molecule has 0 aliphatic carbocycles. The van der Waals surface area contributed by atoms with E-state index in [1.54, 1.807) is 6.92 Å². The minimum Gasteiger partial charge on any atom is -0.492 e. The molecular formula is C12H13N3O3. The van der Waals surface area contributed by atoms with E-state index in [2.05, 4.69) is 10.3 Å². The molecule has 0 saturated heterocycles. The van der Waals surface area contributed by atoms with Crippen molar-refractivity contribution in [3.8, 4) is 5.75 Å². The molecule has 0 radical (unpaired) electrons. The highest BCUT2D eigenvalue weighted by molar-refractivity contribution is 5.86. The SMILES string of the molecule is Cc1c(C(=O)O)nnn1CCOc1ccccc1.